The highest BCUT2D eigenvalue weighted by molar-refractivity contribution is 6.01. The van der Waals surface area contributed by atoms with Crippen molar-refractivity contribution in [3.8, 4) is 0 Å². The Bertz CT molecular complexity index is 420. The minimum Gasteiger partial charge on any atom is -0.478 e. The van der Waals surface area contributed by atoms with Crippen molar-refractivity contribution in [3.05, 3.63) is 11.1 Å². The van der Waals surface area contributed by atoms with Gasteiger partial charge in [-0.3, -0.25) is 9.59 Å². The number of amides is 2. The second-order valence-electron chi connectivity index (χ2n) is 4.74. The molecule has 1 rings (SSSR count). The molecule has 0 aromatic heterocycles. The Morgan fingerprint density at radius 1 is 1.11 bits per heavy atom. The van der Waals surface area contributed by atoms with E-state index in [4.69, 9.17) is 5.11 Å². The molecule has 2 amide bonds. The van der Waals surface area contributed by atoms with Gasteiger partial charge in [0.2, 0.25) is 11.8 Å². The van der Waals surface area contributed by atoms with Crippen LogP contribution in [0.15, 0.2) is 11.1 Å². The molecule has 1 saturated heterocycles. The van der Waals surface area contributed by atoms with Gasteiger partial charge < -0.3 is 15.3 Å². The maximum absolute atomic E-state index is 12.1. The molecule has 106 valence electrons. The summed E-state index contributed by atoms with van der Waals surface area (Å²) < 4.78 is 0. The zero-order valence-corrected chi connectivity index (χ0v) is 11.5. The van der Waals surface area contributed by atoms with Crippen molar-refractivity contribution in [1.82, 2.24) is 10.2 Å². The van der Waals surface area contributed by atoms with Gasteiger partial charge in [-0.15, -0.1) is 0 Å². The van der Waals surface area contributed by atoms with Gasteiger partial charge in [0.15, 0.2) is 0 Å². The molecule has 6 heteroatoms. The van der Waals surface area contributed by atoms with Gasteiger partial charge in [-0.05, 0) is 26.7 Å². The molecule has 19 heavy (non-hydrogen) atoms. The van der Waals surface area contributed by atoms with Gasteiger partial charge in [0.05, 0.1) is 0 Å². The van der Waals surface area contributed by atoms with Crippen LogP contribution in [0.2, 0.25) is 0 Å². The Kier molecular flexibility index (Phi) is 5.09. The lowest BCUT2D eigenvalue weighted by Gasteiger charge is -2.31. The Hall–Kier alpha value is -1.85. The molecule has 0 saturated carbocycles. The summed E-state index contributed by atoms with van der Waals surface area (Å²) in [5.74, 6) is -1.39. The molecule has 1 aliphatic rings. The number of piperidine rings is 1. The molecule has 0 radical (unpaired) electrons. The molecular weight excluding hydrogens is 248 g/mol. The van der Waals surface area contributed by atoms with E-state index in [1.807, 2.05) is 0 Å². The third kappa shape index (κ3) is 3.56. The van der Waals surface area contributed by atoms with E-state index in [0.29, 0.717) is 25.9 Å². The number of carbonyl (C=O) groups excluding carboxylic acids is 2. The number of carboxylic acid groups (broad SMARTS) is 1. The summed E-state index contributed by atoms with van der Waals surface area (Å²) in [6.07, 6.45) is 1.23. The summed E-state index contributed by atoms with van der Waals surface area (Å²) in [6, 6.07) is 0. The van der Waals surface area contributed by atoms with E-state index in [-0.39, 0.29) is 28.9 Å². The lowest BCUT2D eigenvalue weighted by molar-refractivity contribution is -0.134. The van der Waals surface area contributed by atoms with Gasteiger partial charge in [0.25, 0.3) is 0 Å². The first-order valence-electron chi connectivity index (χ1n) is 6.30. The highest BCUT2D eigenvalue weighted by Gasteiger charge is 2.28. The predicted octanol–water partition coefficient (Wildman–Crippen LogP) is 0.392. The van der Waals surface area contributed by atoms with E-state index < -0.39 is 5.97 Å². The van der Waals surface area contributed by atoms with Crippen LogP contribution in [-0.4, -0.2) is 47.9 Å². The van der Waals surface area contributed by atoms with Gasteiger partial charge in [0.1, 0.15) is 0 Å². The van der Waals surface area contributed by atoms with Crippen LogP contribution in [-0.2, 0) is 14.4 Å². The topological polar surface area (TPSA) is 86.7 Å². The first kappa shape index (κ1) is 15.2. The van der Waals surface area contributed by atoms with E-state index in [9.17, 15) is 14.4 Å². The van der Waals surface area contributed by atoms with E-state index >= 15 is 0 Å². The van der Waals surface area contributed by atoms with Crippen molar-refractivity contribution in [2.24, 2.45) is 5.92 Å². The van der Waals surface area contributed by atoms with Crippen molar-refractivity contribution in [2.45, 2.75) is 26.7 Å². The van der Waals surface area contributed by atoms with Crippen LogP contribution in [0.1, 0.15) is 26.7 Å². The molecule has 1 aliphatic heterocycles. The third-order valence-electron chi connectivity index (χ3n) is 3.60. The number of nitrogens with one attached hydrogen (secondary N) is 1. The van der Waals surface area contributed by atoms with Gasteiger partial charge in [-0.2, -0.15) is 0 Å². The van der Waals surface area contributed by atoms with Crippen molar-refractivity contribution in [1.29, 1.82) is 0 Å². The first-order valence-corrected chi connectivity index (χ1v) is 6.30. The van der Waals surface area contributed by atoms with Gasteiger partial charge >= 0.3 is 5.97 Å². The van der Waals surface area contributed by atoms with Crippen LogP contribution in [0.4, 0.5) is 0 Å². The predicted molar refractivity (Wildman–Crippen MR) is 69.4 cm³/mol. The zero-order chi connectivity index (χ0) is 14.6. The van der Waals surface area contributed by atoms with Crippen LogP contribution in [0.5, 0.6) is 0 Å². The fraction of sp³-hybridized carbons (Fsp3) is 0.615. The average Bonchev–Trinajstić information content (AvgIpc) is 2.44. The van der Waals surface area contributed by atoms with E-state index in [2.05, 4.69) is 5.32 Å². The molecule has 1 heterocycles. The Labute approximate surface area is 112 Å². The summed E-state index contributed by atoms with van der Waals surface area (Å²) in [7, 11) is 1.60. The second kappa shape index (κ2) is 6.36. The van der Waals surface area contributed by atoms with E-state index in [0.717, 1.165) is 0 Å². The van der Waals surface area contributed by atoms with E-state index in [1.54, 1.807) is 11.9 Å². The summed E-state index contributed by atoms with van der Waals surface area (Å²) in [6.45, 7) is 3.92. The first-order chi connectivity index (χ1) is 8.88. The fourth-order valence-corrected chi connectivity index (χ4v) is 2.11. The summed E-state index contributed by atoms with van der Waals surface area (Å²) in [5, 5.41) is 11.5. The highest BCUT2D eigenvalue weighted by Crippen LogP contribution is 2.19. The number of hydrogen-bond acceptors (Lipinski definition) is 3. The van der Waals surface area contributed by atoms with Crippen LogP contribution in [0.25, 0.3) is 0 Å². The van der Waals surface area contributed by atoms with Crippen LogP contribution < -0.4 is 5.32 Å². The lowest BCUT2D eigenvalue weighted by atomic mass is 9.95. The Morgan fingerprint density at radius 2 is 1.63 bits per heavy atom. The summed E-state index contributed by atoms with van der Waals surface area (Å²) >= 11 is 0. The second-order valence-corrected chi connectivity index (χ2v) is 4.74. The molecule has 2 N–H and O–H groups in total. The molecule has 0 aromatic rings. The molecule has 6 nitrogen and oxygen atoms in total. The number of carboxylic acids is 1. The number of nitrogens with zero attached hydrogens (tertiary/aromatic N) is 1. The Morgan fingerprint density at radius 3 is 2.05 bits per heavy atom. The monoisotopic (exact) mass is 268 g/mol. The van der Waals surface area contributed by atoms with Gasteiger partial charge in [0, 0.05) is 37.2 Å². The normalized spacial score (nSPS) is 17.7. The largest absolute Gasteiger partial charge is 0.478 e. The number of carbonyl (C=O) groups is 3. The van der Waals surface area contributed by atoms with Crippen LogP contribution in [0, 0.1) is 5.92 Å². The molecule has 0 bridgehead atoms. The highest BCUT2D eigenvalue weighted by atomic mass is 16.4. The minimum absolute atomic E-state index is 0.001000. The smallest absolute Gasteiger partial charge is 0.331 e. The molecular formula is C13H20N2O4. The van der Waals surface area contributed by atoms with Crippen molar-refractivity contribution in [3.63, 3.8) is 0 Å². The molecule has 0 spiro atoms. The molecule has 0 unspecified atom stereocenters. The lowest BCUT2D eigenvalue weighted by Crippen LogP contribution is -2.42. The van der Waals surface area contributed by atoms with Crippen molar-refractivity contribution in [2.75, 3.05) is 20.1 Å². The maximum atomic E-state index is 12.1. The number of likely N-dealkylation sites (tertiary alicyclic amines) is 1. The average molecular weight is 268 g/mol. The van der Waals surface area contributed by atoms with Gasteiger partial charge in [-0.25, -0.2) is 4.79 Å². The standard InChI is InChI=1S/C13H20N2O4/c1-8(9(2)13(18)19)12(17)15-6-4-10(5-7-15)11(16)14-3/h10H,4-7H2,1-3H3,(H,14,16)(H,18,19). The minimum atomic E-state index is -1.08. The quantitative estimate of drug-likeness (QED) is 0.725. The number of rotatable bonds is 3. The number of aliphatic carboxylic acids is 1. The molecule has 0 aliphatic carbocycles. The summed E-state index contributed by atoms with van der Waals surface area (Å²) in [5.41, 5.74) is 0.323. The fourth-order valence-electron chi connectivity index (χ4n) is 2.11. The van der Waals surface area contributed by atoms with Crippen LogP contribution >= 0.6 is 0 Å². The zero-order valence-electron chi connectivity index (χ0n) is 11.5. The third-order valence-corrected chi connectivity index (χ3v) is 3.60. The molecule has 0 atom stereocenters. The molecule has 1 fully saturated rings. The summed E-state index contributed by atoms with van der Waals surface area (Å²) in [4.78, 5) is 36.0. The SMILES string of the molecule is CNC(=O)C1CCN(C(=O)C(C)=C(C)C(=O)O)CC1. The van der Waals surface area contributed by atoms with E-state index in [1.165, 1.54) is 13.8 Å². The maximum Gasteiger partial charge on any atom is 0.331 e. The van der Waals surface area contributed by atoms with Crippen molar-refractivity contribution >= 4 is 17.8 Å². The van der Waals surface area contributed by atoms with Gasteiger partial charge in [-0.1, -0.05) is 0 Å². The Balaban J connectivity index is 2.66. The molecule has 0 aromatic carbocycles. The number of hydrogen-bond donors (Lipinski definition) is 2. The van der Waals surface area contributed by atoms with Crippen molar-refractivity contribution < 1.29 is 19.5 Å². The van der Waals surface area contributed by atoms with Crippen LogP contribution in [0.3, 0.4) is 0 Å².